The van der Waals surface area contributed by atoms with Crippen LogP contribution in [-0.4, -0.2) is 10.1 Å². The summed E-state index contributed by atoms with van der Waals surface area (Å²) in [5.74, 6) is 1.06. The first-order chi connectivity index (χ1) is 9.16. The molecule has 0 radical (unpaired) electrons. The van der Waals surface area contributed by atoms with E-state index in [9.17, 15) is 0 Å². The molecule has 0 saturated heterocycles. The molecule has 19 heavy (non-hydrogen) atoms. The first-order valence-corrected chi connectivity index (χ1v) is 6.72. The van der Waals surface area contributed by atoms with Crippen molar-refractivity contribution in [3.63, 3.8) is 0 Å². The second-order valence-electron chi connectivity index (χ2n) is 4.34. The third-order valence-electron chi connectivity index (χ3n) is 3.03. The van der Waals surface area contributed by atoms with Crippen LogP contribution in [-0.2, 0) is 0 Å². The van der Waals surface area contributed by atoms with Crippen molar-refractivity contribution in [2.45, 2.75) is 13.8 Å². The lowest BCUT2D eigenvalue weighted by molar-refractivity contribution is 0.437. The number of nitrogen functional groups attached to an aromatic ring is 1. The van der Waals surface area contributed by atoms with Crippen LogP contribution in [0.25, 0.3) is 21.9 Å². The van der Waals surface area contributed by atoms with Gasteiger partial charge in [-0.2, -0.15) is 0 Å². The van der Waals surface area contributed by atoms with Gasteiger partial charge in [-0.3, -0.25) is 4.98 Å². The molecule has 0 unspecified atom stereocenters. The Morgan fingerprint density at radius 3 is 2.74 bits per heavy atom. The van der Waals surface area contributed by atoms with Crippen molar-refractivity contribution in [1.82, 2.24) is 10.1 Å². The summed E-state index contributed by atoms with van der Waals surface area (Å²) >= 11 is 1.67. The third kappa shape index (κ3) is 2.02. The summed E-state index contributed by atoms with van der Waals surface area (Å²) in [6.45, 7) is 4.17. The van der Waals surface area contributed by atoms with Crippen LogP contribution in [0.1, 0.15) is 10.4 Å². The Morgan fingerprint density at radius 2 is 2.11 bits per heavy atom. The minimum atomic E-state index is 0.373. The van der Waals surface area contributed by atoms with Crippen molar-refractivity contribution < 1.29 is 4.52 Å². The molecule has 3 heterocycles. The molecule has 2 N–H and O–H groups in total. The van der Waals surface area contributed by atoms with Crippen LogP contribution >= 0.6 is 11.3 Å². The number of hydrogen-bond acceptors (Lipinski definition) is 5. The lowest BCUT2D eigenvalue weighted by Crippen LogP contribution is -1.90. The fraction of sp³-hybridized carbons (Fsp3) is 0.143. The van der Waals surface area contributed by atoms with Gasteiger partial charge in [0.15, 0.2) is 11.6 Å². The van der Waals surface area contributed by atoms with E-state index in [1.54, 1.807) is 17.5 Å². The number of aryl methyl sites for hydroxylation is 2. The zero-order valence-corrected chi connectivity index (χ0v) is 11.5. The summed E-state index contributed by atoms with van der Waals surface area (Å²) in [5.41, 5.74) is 8.70. The summed E-state index contributed by atoms with van der Waals surface area (Å²) in [6, 6.07) is 7.78. The van der Waals surface area contributed by atoms with Gasteiger partial charge in [-0.05, 0) is 37.6 Å². The Bertz CT molecular complexity index is 696. The van der Waals surface area contributed by atoms with E-state index in [2.05, 4.69) is 30.1 Å². The lowest BCUT2D eigenvalue weighted by Gasteiger charge is -1.99. The van der Waals surface area contributed by atoms with Crippen molar-refractivity contribution in [2.75, 3.05) is 5.73 Å². The molecular weight excluding hydrogens is 258 g/mol. The second kappa shape index (κ2) is 4.51. The molecule has 0 aliphatic carbocycles. The maximum atomic E-state index is 5.92. The summed E-state index contributed by atoms with van der Waals surface area (Å²) in [7, 11) is 0. The van der Waals surface area contributed by atoms with Gasteiger partial charge in [-0.15, -0.1) is 11.3 Å². The predicted octanol–water partition coefficient (Wildman–Crippen LogP) is 3.66. The van der Waals surface area contributed by atoms with Crippen LogP contribution in [0.2, 0.25) is 0 Å². The molecule has 0 aromatic carbocycles. The Kier molecular flexibility index (Phi) is 2.83. The van der Waals surface area contributed by atoms with Crippen LogP contribution < -0.4 is 5.73 Å². The largest absolute Gasteiger partial charge is 0.380 e. The van der Waals surface area contributed by atoms with Gasteiger partial charge in [0, 0.05) is 11.1 Å². The molecule has 4 nitrogen and oxygen atoms in total. The van der Waals surface area contributed by atoms with Crippen molar-refractivity contribution in [3.05, 3.63) is 40.9 Å². The van der Waals surface area contributed by atoms with E-state index >= 15 is 0 Å². The summed E-state index contributed by atoms with van der Waals surface area (Å²) in [5, 5.41) is 3.88. The molecule has 3 rings (SSSR count). The van der Waals surface area contributed by atoms with Crippen molar-refractivity contribution >= 4 is 17.2 Å². The minimum Gasteiger partial charge on any atom is -0.380 e. The highest BCUT2D eigenvalue weighted by molar-refractivity contribution is 7.15. The Morgan fingerprint density at radius 1 is 1.26 bits per heavy atom. The van der Waals surface area contributed by atoms with Crippen molar-refractivity contribution in [1.29, 1.82) is 0 Å². The van der Waals surface area contributed by atoms with Crippen molar-refractivity contribution in [3.8, 4) is 21.9 Å². The normalized spacial score (nSPS) is 10.8. The monoisotopic (exact) mass is 271 g/mol. The van der Waals surface area contributed by atoms with E-state index < -0.39 is 0 Å². The average molecular weight is 271 g/mol. The standard InChI is InChI=1S/C14H13N3OS/c1-8-7-11(19-9(8)2)13-12(14(15)17-18-13)10-5-3-4-6-16-10/h3-7H,1-2H3,(H2,15,17). The maximum Gasteiger partial charge on any atom is 0.188 e. The van der Waals surface area contributed by atoms with Crippen LogP contribution in [0.5, 0.6) is 0 Å². The lowest BCUT2D eigenvalue weighted by atomic mass is 10.1. The quantitative estimate of drug-likeness (QED) is 0.772. The van der Waals surface area contributed by atoms with Crippen LogP contribution in [0.4, 0.5) is 5.82 Å². The Balaban J connectivity index is 2.19. The van der Waals surface area contributed by atoms with Crippen LogP contribution in [0.15, 0.2) is 35.0 Å². The van der Waals surface area contributed by atoms with Gasteiger partial charge in [-0.1, -0.05) is 11.2 Å². The average Bonchev–Trinajstić information content (AvgIpc) is 2.95. The second-order valence-corrected chi connectivity index (χ2v) is 5.59. The first kappa shape index (κ1) is 11.9. The molecule has 5 heteroatoms. The third-order valence-corrected chi connectivity index (χ3v) is 4.18. The highest BCUT2D eigenvalue weighted by Crippen LogP contribution is 2.39. The fourth-order valence-corrected chi connectivity index (χ4v) is 2.93. The zero-order valence-electron chi connectivity index (χ0n) is 10.7. The number of aromatic nitrogens is 2. The molecule has 0 atom stereocenters. The van der Waals surface area contributed by atoms with Gasteiger partial charge in [-0.25, -0.2) is 0 Å². The molecule has 3 aromatic rings. The molecule has 0 spiro atoms. The molecule has 0 aliphatic rings. The molecule has 0 amide bonds. The van der Waals surface area contributed by atoms with Crippen LogP contribution in [0, 0.1) is 13.8 Å². The van der Waals surface area contributed by atoms with E-state index in [0.29, 0.717) is 11.6 Å². The van der Waals surface area contributed by atoms with E-state index in [1.165, 1.54) is 10.4 Å². The number of anilines is 1. The molecule has 0 fully saturated rings. The van der Waals surface area contributed by atoms with E-state index in [4.69, 9.17) is 10.3 Å². The van der Waals surface area contributed by atoms with E-state index in [1.807, 2.05) is 18.2 Å². The number of nitrogens with two attached hydrogens (primary N) is 1. The maximum absolute atomic E-state index is 5.92. The van der Waals surface area contributed by atoms with E-state index in [-0.39, 0.29) is 0 Å². The van der Waals surface area contributed by atoms with Gasteiger partial charge in [0.05, 0.1) is 16.1 Å². The van der Waals surface area contributed by atoms with Gasteiger partial charge < -0.3 is 10.3 Å². The van der Waals surface area contributed by atoms with Gasteiger partial charge in [0.2, 0.25) is 0 Å². The summed E-state index contributed by atoms with van der Waals surface area (Å²) in [6.07, 6.45) is 1.73. The highest BCUT2D eigenvalue weighted by Gasteiger charge is 2.20. The van der Waals surface area contributed by atoms with E-state index in [0.717, 1.165) is 16.1 Å². The van der Waals surface area contributed by atoms with Crippen molar-refractivity contribution in [2.24, 2.45) is 0 Å². The summed E-state index contributed by atoms with van der Waals surface area (Å²) in [4.78, 5) is 6.61. The Hall–Kier alpha value is -2.14. The molecule has 0 saturated carbocycles. The number of hydrogen-bond donors (Lipinski definition) is 1. The van der Waals surface area contributed by atoms with Gasteiger partial charge >= 0.3 is 0 Å². The smallest absolute Gasteiger partial charge is 0.188 e. The first-order valence-electron chi connectivity index (χ1n) is 5.91. The predicted molar refractivity (Wildman–Crippen MR) is 76.9 cm³/mol. The van der Waals surface area contributed by atoms with Gasteiger partial charge in [0.25, 0.3) is 0 Å². The van der Waals surface area contributed by atoms with Crippen LogP contribution in [0.3, 0.4) is 0 Å². The SMILES string of the molecule is Cc1cc(-c2onc(N)c2-c2ccccn2)sc1C. The molecular formula is C14H13N3OS. The number of thiophene rings is 1. The number of pyridine rings is 1. The fourth-order valence-electron chi connectivity index (χ4n) is 1.91. The highest BCUT2D eigenvalue weighted by atomic mass is 32.1. The topological polar surface area (TPSA) is 64.9 Å². The minimum absolute atomic E-state index is 0.373. The Labute approximate surface area is 114 Å². The number of nitrogens with zero attached hydrogens (tertiary/aromatic N) is 2. The van der Waals surface area contributed by atoms with Gasteiger partial charge in [0.1, 0.15) is 0 Å². The molecule has 3 aromatic heterocycles. The zero-order chi connectivity index (χ0) is 13.4. The molecule has 96 valence electrons. The number of rotatable bonds is 2. The molecule has 0 aliphatic heterocycles. The summed E-state index contributed by atoms with van der Waals surface area (Å²) < 4.78 is 5.40. The molecule has 0 bridgehead atoms.